The van der Waals surface area contributed by atoms with E-state index in [0.717, 1.165) is 5.56 Å². The van der Waals surface area contributed by atoms with Gasteiger partial charge in [-0.1, -0.05) is 30.3 Å². The molecule has 0 unspecified atom stereocenters. The Labute approximate surface area is 95.6 Å². The molecule has 0 bridgehead atoms. The highest BCUT2D eigenvalue weighted by Crippen LogP contribution is 2.10. The van der Waals surface area contributed by atoms with Crippen molar-refractivity contribution in [1.82, 2.24) is 3.28 Å². The van der Waals surface area contributed by atoms with Crippen molar-refractivity contribution in [3.05, 3.63) is 35.9 Å². The first kappa shape index (κ1) is 11.4. The molecule has 0 aromatic heterocycles. The first-order chi connectivity index (χ1) is 6.61. The van der Waals surface area contributed by atoms with Crippen LogP contribution in [0.15, 0.2) is 30.3 Å². The van der Waals surface area contributed by atoms with Crippen LogP contribution < -0.4 is 0 Å². The maximum Gasteiger partial charge on any atom is 0.324 e. The van der Waals surface area contributed by atoms with Crippen LogP contribution in [0.25, 0.3) is 0 Å². The van der Waals surface area contributed by atoms with E-state index in [1.807, 2.05) is 30.3 Å². The third-order valence-corrected chi connectivity index (χ3v) is 2.49. The predicted molar refractivity (Wildman–Crippen MR) is 59.2 cm³/mol. The van der Waals surface area contributed by atoms with Crippen LogP contribution in [0.5, 0.6) is 0 Å². The number of aliphatic carboxylic acids is 1. The van der Waals surface area contributed by atoms with Crippen molar-refractivity contribution in [3.63, 3.8) is 0 Å². The second kappa shape index (κ2) is 5.28. The van der Waals surface area contributed by atoms with E-state index < -0.39 is 12.0 Å². The summed E-state index contributed by atoms with van der Waals surface area (Å²) in [5, 5.41) is 17.9. The normalized spacial score (nSPS) is 12.8. The minimum absolute atomic E-state index is 0.287. The van der Waals surface area contributed by atoms with Crippen LogP contribution in [-0.4, -0.2) is 25.6 Å². The van der Waals surface area contributed by atoms with Gasteiger partial charge in [-0.2, -0.15) is 0 Å². The lowest BCUT2D eigenvalue weighted by Crippen LogP contribution is -2.34. The first-order valence-electron chi connectivity index (χ1n) is 4.02. The van der Waals surface area contributed by atoms with E-state index in [9.17, 15) is 4.79 Å². The highest BCUT2D eigenvalue weighted by molar-refractivity contribution is 14.1. The van der Waals surface area contributed by atoms with Gasteiger partial charge in [0.2, 0.25) is 0 Å². The summed E-state index contributed by atoms with van der Waals surface area (Å²) in [5.74, 6) is -1.04. The summed E-state index contributed by atoms with van der Waals surface area (Å²) < 4.78 is 0.688. The number of nitrogens with zero attached hydrogens (tertiary/aromatic N) is 1. The minimum Gasteiger partial charge on any atom is -0.480 e. The number of carboxylic acid groups (broad SMARTS) is 1. The van der Waals surface area contributed by atoms with Gasteiger partial charge < -0.3 is 10.3 Å². The van der Waals surface area contributed by atoms with Gasteiger partial charge in [0.05, 0.1) is 22.9 Å². The first-order valence-corrected chi connectivity index (χ1v) is 4.98. The predicted octanol–water partition coefficient (Wildman–Crippen LogP) is 1.72. The van der Waals surface area contributed by atoms with Gasteiger partial charge >= 0.3 is 5.97 Å². The van der Waals surface area contributed by atoms with Gasteiger partial charge in [-0.05, 0) is 5.56 Å². The zero-order valence-corrected chi connectivity index (χ0v) is 9.46. The summed E-state index contributed by atoms with van der Waals surface area (Å²) in [7, 11) is 0. The Hall–Kier alpha value is -0.660. The SMILES string of the molecule is O=C(O)[C@H](Cc1ccccc1)N(O)I. The van der Waals surface area contributed by atoms with Crippen LogP contribution in [0, 0.1) is 0 Å². The number of hydrogen-bond donors (Lipinski definition) is 2. The molecule has 4 nitrogen and oxygen atoms in total. The third-order valence-electron chi connectivity index (χ3n) is 1.81. The topological polar surface area (TPSA) is 60.8 Å². The molecule has 0 aliphatic heterocycles. The van der Waals surface area contributed by atoms with Crippen molar-refractivity contribution >= 4 is 28.8 Å². The van der Waals surface area contributed by atoms with Crippen molar-refractivity contribution in [2.24, 2.45) is 0 Å². The van der Waals surface area contributed by atoms with Crippen LogP contribution >= 0.6 is 22.9 Å². The number of benzene rings is 1. The molecule has 14 heavy (non-hydrogen) atoms. The zero-order valence-electron chi connectivity index (χ0n) is 7.30. The maximum absolute atomic E-state index is 10.7. The Morgan fingerprint density at radius 3 is 2.43 bits per heavy atom. The second-order valence-corrected chi connectivity index (χ2v) is 3.82. The lowest BCUT2D eigenvalue weighted by molar-refractivity contribution is -0.148. The molecule has 0 aliphatic rings. The van der Waals surface area contributed by atoms with Gasteiger partial charge in [0.1, 0.15) is 6.04 Å². The number of halogens is 1. The highest BCUT2D eigenvalue weighted by atomic mass is 127. The molecule has 1 atom stereocenters. The van der Waals surface area contributed by atoms with Crippen molar-refractivity contribution < 1.29 is 15.1 Å². The molecule has 1 aromatic rings. The standard InChI is InChI=1S/C9H10INO3/c10-11(14)8(9(12)13)6-7-4-2-1-3-5-7/h1-5,8,14H,6H2,(H,12,13)/t8-/m0/s1. The molecule has 0 fully saturated rings. The van der Waals surface area contributed by atoms with Crippen molar-refractivity contribution in [2.75, 3.05) is 0 Å². The fraction of sp³-hybridized carbons (Fsp3) is 0.222. The largest absolute Gasteiger partial charge is 0.480 e. The van der Waals surface area contributed by atoms with E-state index in [-0.39, 0.29) is 6.42 Å². The molecular formula is C9H10INO3. The highest BCUT2D eigenvalue weighted by Gasteiger charge is 2.22. The van der Waals surface area contributed by atoms with Gasteiger partial charge in [0.25, 0.3) is 0 Å². The molecule has 2 N–H and O–H groups in total. The van der Waals surface area contributed by atoms with Crippen molar-refractivity contribution in [2.45, 2.75) is 12.5 Å². The van der Waals surface area contributed by atoms with Crippen LogP contribution in [-0.2, 0) is 11.2 Å². The summed E-state index contributed by atoms with van der Waals surface area (Å²) in [6.07, 6.45) is 0.287. The number of hydroxylamine groups is 1. The average Bonchev–Trinajstić information content (AvgIpc) is 2.15. The van der Waals surface area contributed by atoms with Crippen LogP contribution in [0.1, 0.15) is 5.56 Å². The quantitative estimate of drug-likeness (QED) is 0.505. The number of carbonyl (C=O) groups is 1. The lowest BCUT2D eigenvalue weighted by Gasteiger charge is -2.15. The van der Waals surface area contributed by atoms with Crippen molar-refractivity contribution in [3.8, 4) is 0 Å². The molecule has 0 aliphatic carbocycles. The molecule has 0 amide bonds. The van der Waals surface area contributed by atoms with E-state index >= 15 is 0 Å². The van der Waals surface area contributed by atoms with Crippen LogP contribution in [0.4, 0.5) is 0 Å². The van der Waals surface area contributed by atoms with E-state index in [1.165, 1.54) is 0 Å². The summed E-state index contributed by atoms with van der Waals surface area (Å²) in [6.45, 7) is 0. The Bertz CT molecular complexity index is 302. The molecule has 1 rings (SSSR count). The summed E-state index contributed by atoms with van der Waals surface area (Å²) in [6, 6.07) is 8.29. The Kier molecular flexibility index (Phi) is 4.30. The van der Waals surface area contributed by atoms with Crippen molar-refractivity contribution in [1.29, 1.82) is 0 Å². The fourth-order valence-corrected chi connectivity index (χ4v) is 1.53. The van der Waals surface area contributed by atoms with Gasteiger partial charge in [0, 0.05) is 6.42 Å². The molecule has 0 spiro atoms. The Morgan fingerprint density at radius 1 is 1.43 bits per heavy atom. The smallest absolute Gasteiger partial charge is 0.324 e. The third kappa shape index (κ3) is 3.24. The van der Waals surface area contributed by atoms with E-state index in [4.69, 9.17) is 10.3 Å². The Balaban J connectivity index is 2.70. The molecule has 1 aromatic carbocycles. The van der Waals surface area contributed by atoms with Gasteiger partial charge in [0.15, 0.2) is 0 Å². The summed E-state index contributed by atoms with van der Waals surface area (Å²) in [5.41, 5.74) is 0.885. The average molecular weight is 307 g/mol. The zero-order chi connectivity index (χ0) is 10.6. The number of carboxylic acids is 1. The molecule has 0 heterocycles. The molecule has 5 heteroatoms. The maximum atomic E-state index is 10.7. The molecule has 0 saturated heterocycles. The number of rotatable bonds is 4. The second-order valence-electron chi connectivity index (χ2n) is 2.83. The monoisotopic (exact) mass is 307 g/mol. The van der Waals surface area contributed by atoms with Crippen LogP contribution in [0.3, 0.4) is 0 Å². The van der Waals surface area contributed by atoms with Gasteiger partial charge in [-0.15, -0.1) is 3.28 Å². The van der Waals surface area contributed by atoms with E-state index in [1.54, 1.807) is 22.9 Å². The molecular weight excluding hydrogens is 297 g/mol. The molecule has 76 valence electrons. The molecule has 0 saturated carbocycles. The van der Waals surface area contributed by atoms with E-state index in [0.29, 0.717) is 3.28 Å². The minimum atomic E-state index is -1.04. The summed E-state index contributed by atoms with van der Waals surface area (Å²) in [4.78, 5) is 10.7. The van der Waals surface area contributed by atoms with Crippen LogP contribution in [0.2, 0.25) is 0 Å². The lowest BCUT2D eigenvalue weighted by atomic mass is 10.1. The molecule has 0 radical (unpaired) electrons. The van der Waals surface area contributed by atoms with Gasteiger partial charge in [-0.25, -0.2) is 0 Å². The Morgan fingerprint density at radius 2 is 2.00 bits per heavy atom. The number of hydrogen-bond acceptors (Lipinski definition) is 3. The van der Waals surface area contributed by atoms with E-state index in [2.05, 4.69) is 0 Å². The fourth-order valence-electron chi connectivity index (χ4n) is 1.09. The summed E-state index contributed by atoms with van der Waals surface area (Å²) >= 11 is 1.55. The van der Waals surface area contributed by atoms with Gasteiger partial charge in [-0.3, -0.25) is 4.79 Å².